The summed E-state index contributed by atoms with van der Waals surface area (Å²) >= 11 is 3.51. The van der Waals surface area contributed by atoms with Gasteiger partial charge in [0.1, 0.15) is 0 Å². The molecule has 4 heteroatoms. The van der Waals surface area contributed by atoms with Gasteiger partial charge in [-0.1, -0.05) is 29.8 Å². The third kappa shape index (κ3) is 2.81. The van der Waals surface area contributed by atoms with E-state index in [1.165, 1.54) is 0 Å². The van der Waals surface area contributed by atoms with Crippen LogP contribution in [0.5, 0.6) is 11.5 Å². The first kappa shape index (κ1) is 15.3. The van der Waals surface area contributed by atoms with Gasteiger partial charge in [0, 0.05) is 15.6 Å². The van der Waals surface area contributed by atoms with Gasteiger partial charge in [0.25, 0.3) is 0 Å². The topological polar surface area (TPSA) is 38.7 Å². The van der Waals surface area contributed by atoms with Gasteiger partial charge in [-0.25, -0.2) is 0 Å². The van der Waals surface area contributed by atoms with Gasteiger partial charge in [-0.3, -0.25) is 0 Å². The number of halogens is 1. The Bertz CT molecular complexity index is 434. The van der Waals surface area contributed by atoms with Crippen molar-refractivity contribution in [2.45, 2.75) is 39.2 Å². The van der Waals surface area contributed by atoms with Crippen molar-refractivity contribution in [3.8, 4) is 11.5 Å². The van der Waals surface area contributed by atoms with E-state index in [2.05, 4.69) is 29.8 Å². The molecule has 18 heavy (non-hydrogen) atoms. The van der Waals surface area contributed by atoms with E-state index in [0.29, 0.717) is 11.5 Å². The Hall–Kier alpha value is -0.740. The summed E-state index contributed by atoms with van der Waals surface area (Å²) in [6, 6.07) is 1.83. The predicted octanol–water partition coefficient (Wildman–Crippen LogP) is 3.82. The van der Waals surface area contributed by atoms with E-state index in [-0.39, 0.29) is 5.92 Å². The van der Waals surface area contributed by atoms with E-state index >= 15 is 0 Å². The van der Waals surface area contributed by atoms with Crippen molar-refractivity contribution in [1.82, 2.24) is 0 Å². The van der Waals surface area contributed by atoms with Crippen LogP contribution in [0.1, 0.15) is 44.7 Å². The van der Waals surface area contributed by atoms with Gasteiger partial charge in [-0.05, 0) is 25.8 Å². The summed E-state index contributed by atoms with van der Waals surface area (Å²) in [5.74, 6) is 1.57. The Morgan fingerprint density at radius 3 is 2.11 bits per heavy atom. The molecule has 0 aromatic heterocycles. The molecule has 1 rings (SSSR count). The van der Waals surface area contributed by atoms with Crippen molar-refractivity contribution in [1.29, 1.82) is 0 Å². The maximum atomic E-state index is 10.4. The van der Waals surface area contributed by atoms with E-state index in [9.17, 15) is 5.11 Å². The molecule has 1 aromatic rings. The molecule has 0 aliphatic rings. The molecular formula is C14H21BrO3. The zero-order chi connectivity index (χ0) is 14.1. The summed E-state index contributed by atoms with van der Waals surface area (Å²) in [6.07, 6.45) is 0. The molecule has 0 saturated carbocycles. The second-order valence-electron chi connectivity index (χ2n) is 5.10. The minimum atomic E-state index is -0.946. The zero-order valence-corrected chi connectivity index (χ0v) is 13.4. The van der Waals surface area contributed by atoms with E-state index < -0.39 is 5.60 Å². The third-order valence-corrected chi connectivity index (χ3v) is 3.47. The number of aliphatic hydroxyl groups is 1. The number of benzene rings is 1. The molecule has 0 fully saturated rings. The average molecular weight is 317 g/mol. The van der Waals surface area contributed by atoms with Crippen LogP contribution in [0.4, 0.5) is 0 Å². The maximum Gasteiger partial charge on any atom is 0.164 e. The maximum absolute atomic E-state index is 10.4. The van der Waals surface area contributed by atoms with Crippen LogP contribution in [0.3, 0.4) is 0 Å². The average Bonchev–Trinajstić information content (AvgIpc) is 2.25. The Balaban J connectivity index is 3.71. The van der Waals surface area contributed by atoms with Crippen molar-refractivity contribution in [3.05, 3.63) is 21.7 Å². The fraction of sp³-hybridized carbons (Fsp3) is 0.571. The molecule has 1 N–H and O–H groups in total. The molecule has 0 saturated heterocycles. The van der Waals surface area contributed by atoms with Gasteiger partial charge >= 0.3 is 0 Å². The lowest BCUT2D eigenvalue weighted by Crippen LogP contribution is -2.20. The standard InChI is InChI=1S/C14H21BrO3/c1-8(2)11-12(14(3,4)16)9(15)7-10(17-5)13(11)18-6/h7-8,16H,1-6H3. The smallest absolute Gasteiger partial charge is 0.164 e. The number of rotatable bonds is 4. The normalized spacial score (nSPS) is 11.8. The van der Waals surface area contributed by atoms with Crippen molar-refractivity contribution in [2.75, 3.05) is 14.2 Å². The first-order valence-corrected chi connectivity index (χ1v) is 6.70. The number of hydrogen-bond acceptors (Lipinski definition) is 3. The minimum absolute atomic E-state index is 0.216. The molecule has 0 amide bonds. The molecule has 0 spiro atoms. The Morgan fingerprint density at radius 2 is 1.78 bits per heavy atom. The third-order valence-electron chi connectivity index (χ3n) is 2.85. The highest BCUT2D eigenvalue weighted by Gasteiger charge is 2.29. The number of methoxy groups -OCH3 is 2. The van der Waals surface area contributed by atoms with Crippen LogP contribution in [0.15, 0.2) is 10.5 Å². The quantitative estimate of drug-likeness (QED) is 0.917. The lowest BCUT2D eigenvalue weighted by Gasteiger charge is -2.28. The highest BCUT2D eigenvalue weighted by molar-refractivity contribution is 9.10. The van der Waals surface area contributed by atoms with Gasteiger partial charge in [0.2, 0.25) is 0 Å². The van der Waals surface area contributed by atoms with Crippen LogP contribution in [0.25, 0.3) is 0 Å². The van der Waals surface area contributed by atoms with E-state index in [1.54, 1.807) is 28.1 Å². The monoisotopic (exact) mass is 316 g/mol. The zero-order valence-electron chi connectivity index (χ0n) is 11.8. The minimum Gasteiger partial charge on any atom is -0.493 e. The summed E-state index contributed by atoms with van der Waals surface area (Å²) in [4.78, 5) is 0. The first-order chi connectivity index (χ1) is 8.23. The fourth-order valence-corrected chi connectivity index (χ4v) is 3.07. The fourth-order valence-electron chi connectivity index (χ4n) is 2.16. The van der Waals surface area contributed by atoms with Crippen LogP contribution in [0, 0.1) is 0 Å². The van der Waals surface area contributed by atoms with Crippen LogP contribution in [-0.2, 0) is 5.60 Å². The summed E-state index contributed by atoms with van der Waals surface area (Å²) < 4.78 is 11.6. The van der Waals surface area contributed by atoms with Crippen LogP contribution >= 0.6 is 15.9 Å². The van der Waals surface area contributed by atoms with E-state index in [4.69, 9.17) is 9.47 Å². The van der Waals surface area contributed by atoms with E-state index in [1.807, 2.05) is 6.07 Å². The molecule has 0 unspecified atom stereocenters. The highest BCUT2D eigenvalue weighted by atomic mass is 79.9. The Morgan fingerprint density at radius 1 is 1.22 bits per heavy atom. The lowest BCUT2D eigenvalue weighted by molar-refractivity contribution is 0.0761. The summed E-state index contributed by atoms with van der Waals surface area (Å²) in [6.45, 7) is 7.67. The predicted molar refractivity (Wildman–Crippen MR) is 76.6 cm³/mol. The highest BCUT2D eigenvalue weighted by Crippen LogP contribution is 2.45. The molecule has 0 radical (unpaired) electrons. The molecule has 3 nitrogen and oxygen atoms in total. The SMILES string of the molecule is COc1cc(Br)c(C(C)(C)O)c(C(C)C)c1OC. The molecular weight excluding hydrogens is 296 g/mol. The first-order valence-electron chi connectivity index (χ1n) is 5.91. The van der Waals surface area contributed by atoms with Gasteiger partial charge in [0.15, 0.2) is 11.5 Å². The molecule has 1 aromatic carbocycles. The van der Waals surface area contributed by atoms with Gasteiger partial charge < -0.3 is 14.6 Å². The molecule has 102 valence electrons. The summed E-state index contributed by atoms with van der Waals surface area (Å²) in [5, 5.41) is 10.4. The van der Waals surface area contributed by atoms with Crippen LogP contribution < -0.4 is 9.47 Å². The van der Waals surface area contributed by atoms with Gasteiger partial charge in [-0.2, -0.15) is 0 Å². The second-order valence-corrected chi connectivity index (χ2v) is 5.95. The van der Waals surface area contributed by atoms with Crippen LogP contribution in [0.2, 0.25) is 0 Å². The van der Waals surface area contributed by atoms with Crippen molar-refractivity contribution in [3.63, 3.8) is 0 Å². The largest absolute Gasteiger partial charge is 0.493 e. The van der Waals surface area contributed by atoms with Crippen molar-refractivity contribution < 1.29 is 14.6 Å². The van der Waals surface area contributed by atoms with Crippen LogP contribution in [-0.4, -0.2) is 19.3 Å². The summed E-state index contributed by atoms with van der Waals surface area (Å²) in [5.41, 5.74) is 0.865. The molecule has 0 aliphatic carbocycles. The number of hydrogen-bond donors (Lipinski definition) is 1. The van der Waals surface area contributed by atoms with Gasteiger partial charge in [0.05, 0.1) is 19.8 Å². The molecule has 0 bridgehead atoms. The van der Waals surface area contributed by atoms with E-state index in [0.717, 1.165) is 15.6 Å². The van der Waals surface area contributed by atoms with Crippen molar-refractivity contribution in [2.24, 2.45) is 0 Å². The second kappa shape index (κ2) is 5.49. The molecule has 0 heterocycles. The number of ether oxygens (including phenoxy) is 2. The summed E-state index contributed by atoms with van der Waals surface area (Å²) in [7, 11) is 3.23. The molecule has 0 atom stereocenters. The van der Waals surface area contributed by atoms with Crippen molar-refractivity contribution >= 4 is 15.9 Å². The Labute approximate surface area is 117 Å². The Kier molecular flexibility index (Phi) is 4.67. The molecule has 0 aliphatic heterocycles. The lowest BCUT2D eigenvalue weighted by atomic mass is 9.87. The van der Waals surface area contributed by atoms with Gasteiger partial charge in [-0.15, -0.1) is 0 Å².